The van der Waals surface area contributed by atoms with Gasteiger partial charge < -0.3 is 14.4 Å². The lowest BCUT2D eigenvalue weighted by atomic mass is 10.2. The molecule has 30 heavy (non-hydrogen) atoms. The van der Waals surface area contributed by atoms with Crippen molar-refractivity contribution in [2.45, 2.75) is 6.54 Å². The van der Waals surface area contributed by atoms with Crippen LogP contribution in [0.4, 0.5) is 10.3 Å². The molecule has 0 unspecified atom stereocenters. The minimum absolute atomic E-state index is 0.0586. The zero-order chi connectivity index (χ0) is 20.5. The number of hydrogen-bond acceptors (Lipinski definition) is 5. The molecule has 1 aromatic carbocycles. The van der Waals surface area contributed by atoms with Gasteiger partial charge in [-0.1, -0.05) is 6.07 Å². The molecule has 5 rings (SSSR count). The molecule has 1 aliphatic heterocycles. The molecular formula is C22H20FN5OS. The molecule has 0 atom stereocenters. The SMILES string of the molecule is O=C(Cn1c(-c2cccs2)cc2cc(F)ccc21)N1CCN(c2ncccn2)CC1. The van der Waals surface area contributed by atoms with E-state index in [0.29, 0.717) is 32.1 Å². The number of carbonyl (C=O) groups excluding carboxylic acids is 1. The zero-order valence-corrected chi connectivity index (χ0v) is 17.1. The summed E-state index contributed by atoms with van der Waals surface area (Å²) in [5.74, 6) is 0.481. The van der Waals surface area contributed by atoms with Crippen molar-refractivity contribution < 1.29 is 9.18 Å². The van der Waals surface area contributed by atoms with Crippen molar-refractivity contribution >= 4 is 34.1 Å². The van der Waals surface area contributed by atoms with Crippen LogP contribution in [-0.2, 0) is 11.3 Å². The van der Waals surface area contributed by atoms with Crippen LogP contribution in [0.25, 0.3) is 21.5 Å². The van der Waals surface area contributed by atoms with Crippen LogP contribution in [0.1, 0.15) is 0 Å². The van der Waals surface area contributed by atoms with Gasteiger partial charge in [-0.3, -0.25) is 4.79 Å². The molecule has 1 saturated heterocycles. The summed E-state index contributed by atoms with van der Waals surface area (Å²) in [5, 5.41) is 2.81. The van der Waals surface area contributed by atoms with Crippen molar-refractivity contribution in [3.8, 4) is 10.6 Å². The summed E-state index contributed by atoms with van der Waals surface area (Å²) < 4.78 is 15.7. The number of fused-ring (bicyclic) bond motifs is 1. The Morgan fingerprint density at radius 1 is 1.03 bits per heavy atom. The first-order valence-electron chi connectivity index (χ1n) is 9.81. The number of anilines is 1. The van der Waals surface area contributed by atoms with E-state index in [1.807, 2.05) is 33.0 Å². The Balaban J connectivity index is 1.37. The lowest BCUT2D eigenvalue weighted by molar-refractivity contribution is -0.132. The fourth-order valence-corrected chi connectivity index (χ4v) is 4.64. The first kappa shape index (κ1) is 18.7. The molecule has 0 aliphatic carbocycles. The second-order valence-electron chi connectivity index (χ2n) is 7.21. The number of amides is 1. The highest BCUT2D eigenvalue weighted by atomic mass is 32.1. The van der Waals surface area contributed by atoms with Crippen LogP contribution in [0.2, 0.25) is 0 Å². The van der Waals surface area contributed by atoms with E-state index >= 15 is 0 Å². The van der Waals surface area contributed by atoms with Crippen molar-refractivity contribution in [3.63, 3.8) is 0 Å². The predicted octanol–water partition coefficient (Wildman–Crippen LogP) is 3.65. The van der Waals surface area contributed by atoms with Crippen LogP contribution in [-0.4, -0.2) is 51.5 Å². The summed E-state index contributed by atoms with van der Waals surface area (Å²) in [7, 11) is 0. The van der Waals surface area contributed by atoms with Gasteiger partial charge in [-0.2, -0.15) is 0 Å². The maximum Gasteiger partial charge on any atom is 0.242 e. The normalized spacial score (nSPS) is 14.4. The largest absolute Gasteiger partial charge is 0.338 e. The third kappa shape index (κ3) is 3.54. The van der Waals surface area contributed by atoms with Crippen molar-refractivity contribution in [2.24, 2.45) is 0 Å². The van der Waals surface area contributed by atoms with Gasteiger partial charge >= 0.3 is 0 Å². The van der Waals surface area contributed by atoms with E-state index in [1.165, 1.54) is 12.1 Å². The van der Waals surface area contributed by atoms with Crippen LogP contribution >= 0.6 is 11.3 Å². The summed E-state index contributed by atoms with van der Waals surface area (Å²) in [6, 6.07) is 12.5. The molecule has 0 spiro atoms. The second kappa shape index (κ2) is 7.87. The summed E-state index contributed by atoms with van der Waals surface area (Å²) in [4.78, 5) is 26.7. The topological polar surface area (TPSA) is 54.3 Å². The van der Waals surface area contributed by atoms with Crippen molar-refractivity contribution in [2.75, 3.05) is 31.1 Å². The summed E-state index contributed by atoms with van der Waals surface area (Å²) in [5.41, 5.74) is 1.81. The fourth-order valence-electron chi connectivity index (χ4n) is 3.89. The van der Waals surface area contributed by atoms with Gasteiger partial charge in [-0.25, -0.2) is 14.4 Å². The Kier molecular flexibility index (Phi) is 4.92. The number of nitrogens with zero attached hydrogens (tertiary/aromatic N) is 5. The van der Waals surface area contributed by atoms with Crippen molar-refractivity contribution in [3.05, 3.63) is 66.1 Å². The summed E-state index contributed by atoms with van der Waals surface area (Å²) in [6.45, 7) is 2.87. The van der Waals surface area contributed by atoms with Crippen LogP contribution in [0.3, 0.4) is 0 Å². The predicted molar refractivity (Wildman–Crippen MR) is 116 cm³/mol. The second-order valence-corrected chi connectivity index (χ2v) is 8.16. The first-order valence-corrected chi connectivity index (χ1v) is 10.7. The Morgan fingerprint density at radius 2 is 1.83 bits per heavy atom. The lowest BCUT2D eigenvalue weighted by Gasteiger charge is -2.34. The molecule has 0 saturated carbocycles. The average Bonchev–Trinajstić information content (AvgIpc) is 3.42. The molecule has 6 nitrogen and oxygen atoms in total. The number of benzene rings is 1. The standard InChI is InChI=1S/C22H20FN5OS/c23-17-4-5-18-16(13-17)14-19(20-3-1-12-30-20)28(18)15-21(29)26-8-10-27(11-9-26)22-24-6-2-7-25-22/h1-7,12-14H,8-11,15H2. The molecule has 152 valence electrons. The maximum atomic E-state index is 13.8. The first-order chi connectivity index (χ1) is 14.7. The van der Waals surface area contributed by atoms with Gasteiger partial charge in [0.15, 0.2) is 0 Å². The molecule has 0 radical (unpaired) electrons. The number of piperazine rings is 1. The number of halogens is 1. The summed E-state index contributed by atoms with van der Waals surface area (Å²) in [6.07, 6.45) is 3.46. The molecule has 3 aromatic heterocycles. The molecule has 0 bridgehead atoms. The Bertz CT molecular complexity index is 1170. The quantitative estimate of drug-likeness (QED) is 0.505. The molecule has 0 N–H and O–H groups in total. The van der Waals surface area contributed by atoms with Crippen LogP contribution < -0.4 is 4.90 Å². The highest BCUT2D eigenvalue weighted by molar-refractivity contribution is 7.13. The van der Waals surface area contributed by atoms with Crippen molar-refractivity contribution in [1.29, 1.82) is 0 Å². The van der Waals surface area contributed by atoms with Gasteiger partial charge in [0.05, 0.1) is 10.6 Å². The highest BCUT2D eigenvalue weighted by Crippen LogP contribution is 2.31. The average molecular weight is 422 g/mol. The number of hydrogen-bond donors (Lipinski definition) is 0. The molecule has 4 heterocycles. The van der Waals surface area contributed by atoms with E-state index < -0.39 is 0 Å². The smallest absolute Gasteiger partial charge is 0.242 e. The van der Waals surface area contributed by atoms with Gasteiger partial charge in [0.2, 0.25) is 11.9 Å². The van der Waals surface area contributed by atoms with Crippen molar-refractivity contribution in [1.82, 2.24) is 19.4 Å². The van der Waals surface area contributed by atoms with Gasteiger partial charge in [0, 0.05) is 49.5 Å². The van der Waals surface area contributed by atoms with E-state index in [4.69, 9.17) is 0 Å². The number of rotatable bonds is 4. The monoisotopic (exact) mass is 421 g/mol. The highest BCUT2D eigenvalue weighted by Gasteiger charge is 2.24. The molecule has 1 aliphatic rings. The van der Waals surface area contributed by atoms with Crippen LogP contribution in [0.5, 0.6) is 0 Å². The number of thiophene rings is 1. The zero-order valence-electron chi connectivity index (χ0n) is 16.2. The van der Waals surface area contributed by atoms with E-state index in [-0.39, 0.29) is 18.3 Å². The van der Waals surface area contributed by atoms with E-state index in [2.05, 4.69) is 14.9 Å². The van der Waals surface area contributed by atoms with Crippen LogP contribution in [0.15, 0.2) is 60.2 Å². The van der Waals surface area contributed by atoms with Gasteiger partial charge in [-0.05, 0) is 41.8 Å². The van der Waals surface area contributed by atoms with Gasteiger partial charge in [-0.15, -0.1) is 11.3 Å². The van der Waals surface area contributed by atoms with Gasteiger partial charge in [0.25, 0.3) is 0 Å². The Morgan fingerprint density at radius 3 is 2.57 bits per heavy atom. The Hall–Kier alpha value is -3.26. The molecule has 4 aromatic rings. The third-order valence-corrected chi connectivity index (χ3v) is 6.29. The van der Waals surface area contributed by atoms with Crippen LogP contribution in [0, 0.1) is 5.82 Å². The minimum atomic E-state index is -0.275. The minimum Gasteiger partial charge on any atom is -0.338 e. The molecule has 8 heteroatoms. The molecule has 1 fully saturated rings. The summed E-state index contributed by atoms with van der Waals surface area (Å²) >= 11 is 1.61. The number of aromatic nitrogens is 3. The van der Waals surface area contributed by atoms with E-state index in [9.17, 15) is 9.18 Å². The number of carbonyl (C=O) groups is 1. The Labute approximate surface area is 177 Å². The molecular weight excluding hydrogens is 401 g/mol. The maximum absolute atomic E-state index is 13.8. The van der Waals surface area contributed by atoms with E-state index in [1.54, 1.807) is 35.9 Å². The molecule has 1 amide bonds. The van der Waals surface area contributed by atoms with E-state index in [0.717, 1.165) is 21.5 Å². The fraction of sp³-hybridized carbons (Fsp3) is 0.227. The third-order valence-electron chi connectivity index (χ3n) is 5.40. The van der Waals surface area contributed by atoms with Gasteiger partial charge in [0.1, 0.15) is 12.4 Å². The lowest BCUT2D eigenvalue weighted by Crippen LogP contribution is -2.50.